The SMILES string of the molecule is N#CC1=C(N)Oc2nc[nH]c(=O)c2C1c1cccc(OCC(N)=O)c1. The predicted molar refractivity (Wildman–Crippen MR) is 85.3 cm³/mol. The molecule has 9 heteroatoms. The number of nitrogens with two attached hydrogens (primary N) is 2. The van der Waals surface area contributed by atoms with Crippen LogP contribution in [-0.4, -0.2) is 22.5 Å². The number of aromatic amines is 1. The van der Waals surface area contributed by atoms with Crippen LogP contribution in [0, 0.1) is 11.3 Å². The number of carbonyl (C=O) groups is 1. The van der Waals surface area contributed by atoms with Crippen LogP contribution in [0.25, 0.3) is 0 Å². The Hall–Kier alpha value is -3.80. The number of allylic oxidation sites excluding steroid dienone is 1. The van der Waals surface area contributed by atoms with Crippen LogP contribution in [-0.2, 0) is 4.79 Å². The molecular formula is C16H13N5O4. The van der Waals surface area contributed by atoms with E-state index in [0.717, 1.165) is 0 Å². The third-order valence-corrected chi connectivity index (χ3v) is 3.59. The summed E-state index contributed by atoms with van der Waals surface area (Å²) in [4.78, 5) is 29.6. The van der Waals surface area contributed by atoms with Crippen LogP contribution in [0.15, 0.2) is 46.8 Å². The van der Waals surface area contributed by atoms with Gasteiger partial charge in [-0.15, -0.1) is 0 Å². The number of carbonyl (C=O) groups excluding carboxylic acids is 1. The summed E-state index contributed by atoms with van der Waals surface area (Å²) in [7, 11) is 0. The number of H-pyrrole nitrogens is 1. The van der Waals surface area contributed by atoms with Gasteiger partial charge in [0.05, 0.1) is 17.8 Å². The van der Waals surface area contributed by atoms with Crippen LogP contribution in [0.2, 0.25) is 0 Å². The minimum Gasteiger partial charge on any atom is -0.484 e. The topological polar surface area (TPSA) is 157 Å². The lowest BCUT2D eigenvalue weighted by Crippen LogP contribution is -2.28. The molecule has 1 atom stereocenters. The number of hydrogen-bond donors (Lipinski definition) is 3. The highest BCUT2D eigenvalue weighted by Crippen LogP contribution is 2.39. The number of fused-ring (bicyclic) bond motifs is 1. The van der Waals surface area contributed by atoms with Crippen LogP contribution < -0.4 is 26.5 Å². The van der Waals surface area contributed by atoms with E-state index in [0.29, 0.717) is 11.3 Å². The Morgan fingerprint density at radius 1 is 1.48 bits per heavy atom. The number of amides is 1. The Balaban J connectivity index is 2.12. The molecule has 0 fully saturated rings. The summed E-state index contributed by atoms with van der Waals surface area (Å²) in [6.07, 6.45) is 1.19. The summed E-state index contributed by atoms with van der Waals surface area (Å²) in [5.41, 5.74) is 11.2. The molecule has 0 saturated carbocycles. The average molecular weight is 339 g/mol. The molecule has 1 amide bonds. The van der Waals surface area contributed by atoms with E-state index < -0.39 is 17.4 Å². The van der Waals surface area contributed by atoms with E-state index in [1.807, 2.05) is 6.07 Å². The van der Waals surface area contributed by atoms with Crippen LogP contribution >= 0.6 is 0 Å². The lowest BCUT2D eigenvalue weighted by molar-refractivity contribution is -0.119. The van der Waals surface area contributed by atoms with Gasteiger partial charge in [-0.05, 0) is 17.7 Å². The molecule has 9 nitrogen and oxygen atoms in total. The molecule has 0 spiro atoms. The lowest BCUT2D eigenvalue weighted by atomic mass is 9.85. The van der Waals surface area contributed by atoms with E-state index in [1.165, 1.54) is 6.33 Å². The van der Waals surface area contributed by atoms with E-state index in [9.17, 15) is 14.9 Å². The second-order valence-electron chi connectivity index (χ2n) is 5.20. The van der Waals surface area contributed by atoms with Gasteiger partial charge in [0.15, 0.2) is 6.61 Å². The first-order valence-electron chi connectivity index (χ1n) is 7.17. The number of nitrogens with zero attached hydrogens (tertiary/aromatic N) is 2. The van der Waals surface area contributed by atoms with Gasteiger partial charge in [0.1, 0.15) is 17.4 Å². The van der Waals surface area contributed by atoms with Gasteiger partial charge in [-0.1, -0.05) is 12.1 Å². The van der Waals surface area contributed by atoms with Crippen molar-refractivity contribution in [3.05, 3.63) is 63.5 Å². The van der Waals surface area contributed by atoms with Crippen molar-refractivity contribution in [2.75, 3.05) is 6.61 Å². The molecule has 25 heavy (non-hydrogen) atoms. The minimum absolute atomic E-state index is 0.0358. The van der Waals surface area contributed by atoms with Gasteiger partial charge in [-0.25, -0.2) is 4.98 Å². The van der Waals surface area contributed by atoms with Crippen LogP contribution in [0.4, 0.5) is 0 Å². The molecule has 0 radical (unpaired) electrons. The Morgan fingerprint density at radius 2 is 2.28 bits per heavy atom. The van der Waals surface area contributed by atoms with Crippen molar-refractivity contribution in [2.24, 2.45) is 11.5 Å². The number of nitriles is 1. The van der Waals surface area contributed by atoms with E-state index in [-0.39, 0.29) is 29.5 Å². The van der Waals surface area contributed by atoms with Crippen molar-refractivity contribution in [3.8, 4) is 17.7 Å². The number of benzene rings is 1. The molecule has 126 valence electrons. The number of primary amides is 1. The molecule has 1 aliphatic rings. The number of ether oxygens (including phenoxy) is 2. The highest BCUT2D eigenvalue weighted by atomic mass is 16.5. The third-order valence-electron chi connectivity index (χ3n) is 3.59. The normalized spacial score (nSPS) is 15.7. The highest BCUT2D eigenvalue weighted by Gasteiger charge is 2.34. The molecule has 0 bridgehead atoms. The van der Waals surface area contributed by atoms with E-state index in [4.69, 9.17) is 20.9 Å². The summed E-state index contributed by atoms with van der Waals surface area (Å²) in [5, 5.41) is 9.46. The van der Waals surface area contributed by atoms with Gasteiger partial charge < -0.3 is 25.9 Å². The number of hydrogen-bond acceptors (Lipinski definition) is 7. The molecular weight excluding hydrogens is 326 g/mol. The van der Waals surface area contributed by atoms with E-state index in [1.54, 1.807) is 24.3 Å². The summed E-state index contributed by atoms with van der Waals surface area (Å²) in [6, 6.07) is 8.56. The Labute approximate surface area is 141 Å². The van der Waals surface area contributed by atoms with Gasteiger partial charge in [-0.2, -0.15) is 5.26 Å². The molecule has 1 aromatic carbocycles. The second kappa shape index (κ2) is 6.37. The Bertz CT molecular complexity index is 973. The van der Waals surface area contributed by atoms with Gasteiger partial charge in [-0.3, -0.25) is 9.59 Å². The summed E-state index contributed by atoms with van der Waals surface area (Å²) >= 11 is 0. The van der Waals surface area contributed by atoms with Gasteiger partial charge in [0.25, 0.3) is 11.5 Å². The molecule has 5 N–H and O–H groups in total. The number of rotatable bonds is 4. The Morgan fingerprint density at radius 3 is 3.00 bits per heavy atom. The molecule has 1 aliphatic heterocycles. The van der Waals surface area contributed by atoms with Crippen molar-refractivity contribution >= 4 is 5.91 Å². The smallest absolute Gasteiger partial charge is 0.258 e. The van der Waals surface area contributed by atoms with Crippen molar-refractivity contribution in [1.82, 2.24) is 9.97 Å². The maximum Gasteiger partial charge on any atom is 0.258 e. The van der Waals surface area contributed by atoms with Crippen molar-refractivity contribution in [2.45, 2.75) is 5.92 Å². The van der Waals surface area contributed by atoms with Crippen molar-refractivity contribution < 1.29 is 14.3 Å². The molecule has 1 aromatic heterocycles. The fourth-order valence-corrected chi connectivity index (χ4v) is 2.57. The molecule has 2 heterocycles. The highest BCUT2D eigenvalue weighted by molar-refractivity contribution is 5.75. The first-order chi connectivity index (χ1) is 12.0. The molecule has 1 unspecified atom stereocenters. The van der Waals surface area contributed by atoms with Crippen LogP contribution in [0.5, 0.6) is 11.6 Å². The third kappa shape index (κ3) is 3.00. The van der Waals surface area contributed by atoms with Gasteiger partial charge >= 0.3 is 0 Å². The minimum atomic E-state index is -0.775. The van der Waals surface area contributed by atoms with E-state index >= 15 is 0 Å². The molecule has 0 saturated heterocycles. The summed E-state index contributed by atoms with van der Waals surface area (Å²) in [6.45, 7) is -0.293. The zero-order chi connectivity index (χ0) is 18.0. The van der Waals surface area contributed by atoms with Gasteiger partial charge in [0.2, 0.25) is 11.8 Å². The predicted octanol–water partition coefficient (Wildman–Crippen LogP) is -0.148. The number of nitrogens with one attached hydrogen (secondary N) is 1. The first-order valence-corrected chi connectivity index (χ1v) is 7.17. The van der Waals surface area contributed by atoms with Crippen molar-refractivity contribution in [3.63, 3.8) is 0 Å². The summed E-state index contributed by atoms with van der Waals surface area (Å²) in [5.74, 6) is -1.12. The second-order valence-corrected chi connectivity index (χ2v) is 5.20. The fourth-order valence-electron chi connectivity index (χ4n) is 2.57. The molecule has 0 aliphatic carbocycles. The zero-order valence-corrected chi connectivity index (χ0v) is 12.9. The van der Waals surface area contributed by atoms with E-state index in [2.05, 4.69) is 9.97 Å². The maximum absolute atomic E-state index is 12.3. The molecule has 3 rings (SSSR count). The van der Waals surface area contributed by atoms with Crippen LogP contribution in [0.1, 0.15) is 17.0 Å². The standard InChI is InChI=1S/C16H13N5O4/c17-5-10-12(8-2-1-3-9(4-8)24-6-11(18)22)13-15(23)20-7-21-16(13)25-14(10)19/h1-4,7,12H,6,19H2,(H2,18,22)(H,20,21,23). The van der Waals surface area contributed by atoms with Gasteiger partial charge in [0, 0.05) is 0 Å². The first kappa shape index (κ1) is 16.1. The molecule has 2 aromatic rings. The number of aromatic nitrogens is 2. The average Bonchev–Trinajstić information content (AvgIpc) is 2.59. The maximum atomic E-state index is 12.3. The summed E-state index contributed by atoms with van der Waals surface area (Å²) < 4.78 is 10.6. The zero-order valence-electron chi connectivity index (χ0n) is 12.9. The monoisotopic (exact) mass is 339 g/mol. The quantitative estimate of drug-likeness (QED) is 0.699. The largest absolute Gasteiger partial charge is 0.484 e. The fraction of sp³-hybridized carbons (Fsp3) is 0.125. The van der Waals surface area contributed by atoms with Crippen molar-refractivity contribution in [1.29, 1.82) is 5.26 Å². The van der Waals surface area contributed by atoms with Crippen LogP contribution in [0.3, 0.4) is 0 Å². The Kier molecular flexibility index (Phi) is 4.09. The lowest BCUT2D eigenvalue weighted by Gasteiger charge is -2.24.